The lowest BCUT2D eigenvalue weighted by atomic mass is 9.89. The molecule has 260 valence electrons. The topological polar surface area (TPSA) is 77.5 Å². The van der Waals surface area contributed by atoms with E-state index in [1.165, 1.54) is 4.90 Å². The number of anilines is 1. The van der Waals surface area contributed by atoms with Crippen LogP contribution in [0.15, 0.2) is 97.1 Å². The predicted octanol–water partition coefficient (Wildman–Crippen LogP) is 9.21. The van der Waals surface area contributed by atoms with Crippen LogP contribution in [0.3, 0.4) is 0 Å². The third-order valence-corrected chi connectivity index (χ3v) is 9.06. The molecule has 3 unspecified atom stereocenters. The SMILES string of the molecule is CC(OCc1ccccc1)[C@@H]1CC(OCc2ccccc2)CC(c2cc(Cc3cccc(N(C)C(=O)OC(C)(C)C)c3)c(Cl)cc2CO)O1. The second-order valence-corrected chi connectivity index (χ2v) is 14.1. The maximum Gasteiger partial charge on any atom is 0.414 e. The average Bonchev–Trinajstić information content (AvgIpc) is 3.10. The van der Waals surface area contributed by atoms with Crippen LogP contribution < -0.4 is 4.90 Å². The molecule has 0 radical (unpaired) electrons. The summed E-state index contributed by atoms with van der Waals surface area (Å²) in [5.41, 5.74) is 5.81. The van der Waals surface area contributed by atoms with Crippen molar-refractivity contribution < 1.29 is 28.8 Å². The molecule has 0 aromatic heterocycles. The Hall–Kier alpha value is -3.72. The van der Waals surface area contributed by atoms with Crippen LogP contribution in [0.1, 0.15) is 80.0 Å². The number of carbonyl (C=O) groups is 1. The smallest absolute Gasteiger partial charge is 0.414 e. The van der Waals surface area contributed by atoms with Gasteiger partial charge in [-0.15, -0.1) is 0 Å². The molecule has 4 aromatic rings. The quantitative estimate of drug-likeness (QED) is 0.160. The number of carbonyl (C=O) groups excluding carboxylic acids is 1. The summed E-state index contributed by atoms with van der Waals surface area (Å²) in [7, 11) is 1.70. The molecule has 0 bridgehead atoms. The number of ether oxygens (including phenoxy) is 4. The number of halogens is 1. The van der Waals surface area contributed by atoms with Crippen molar-refractivity contribution in [2.24, 2.45) is 0 Å². The largest absolute Gasteiger partial charge is 0.443 e. The number of rotatable bonds is 12. The van der Waals surface area contributed by atoms with Gasteiger partial charge in [-0.2, -0.15) is 0 Å². The van der Waals surface area contributed by atoms with Crippen molar-refractivity contribution in [1.82, 2.24) is 0 Å². The van der Waals surface area contributed by atoms with Crippen molar-refractivity contribution in [2.45, 2.75) is 96.8 Å². The molecule has 4 atom stereocenters. The molecule has 1 amide bonds. The van der Waals surface area contributed by atoms with Crippen LogP contribution in [0.25, 0.3) is 0 Å². The average molecular weight is 686 g/mol. The summed E-state index contributed by atoms with van der Waals surface area (Å²) < 4.78 is 25.2. The molecule has 8 heteroatoms. The summed E-state index contributed by atoms with van der Waals surface area (Å²) in [6.45, 7) is 8.39. The summed E-state index contributed by atoms with van der Waals surface area (Å²) in [6, 6.07) is 31.9. The highest BCUT2D eigenvalue weighted by Crippen LogP contribution is 2.39. The Morgan fingerprint density at radius 3 is 2.20 bits per heavy atom. The summed E-state index contributed by atoms with van der Waals surface area (Å²) in [6.07, 6.45) is 0.558. The summed E-state index contributed by atoms with van der Waals surface area (Å²) in [4.78, 5) is 14.2. The Balaban J connectivity index is 1.38. The summed E-state index contributed by atoms with van der Waals surface area (Å²) in [5, 5.41) is 11.0. The van der Waals surface area contributed by atoms with E-state index in [9.17, 15) is 9.90 Å². The van der Waals surface area contributed by atoms with Crippen LogP contribution in [0.2, 0.25) is 5.02 Å². The third-order valence-electron chi connectivity index (χ3n) is 8.70. The maximum absolute atomic E-state index is 12.7. The van der Waals surface area contributed by atoms with Crippen LogP contribution in [-0.4, -0.2) is 42.2 Å². The van der Waals surface area contributed by atoms with Gasteiger partial charge in [-0.05, 0) is 85.7 Å². The fourth-order valence-electron chi connectivity index (χ4n) is 6.03. The minimum atomic E-state index is -0.598. The van der Waals surface area contributed by atoms with Crippen molar-refractivity contribution in [1.29, 1.82) is 0 Å². The third kappa shape index (κ3) is 10.4. The highest BCUT2D eigenvalue weighted by Gasteiger charge is 2.36. The number of hydrogen-bond donors (Lipinski definition) is 1. The lowest BCUT2D eigenvalue weighted by molar-refractivity contribution is -0.165. The van der Waals surface area contributed by atoms with Crippen molar-refractivity contribution >= 4 is 23.4 Å². The van der Waals surface area contributed by atoms with Crippen LogP contribution in [0, 0.1) is 0 Å². The maximum atomic E-state index is 12.7. The molecule has 5 rings (SSSR count). The van der Waals surface area contributed by atoms with Gasteiger partial charge in [0.2, 0.25) is 0 Å². The molecule has 49 heavy (non-hydrogen) atoms. The Morgan fingerprint density at radius 1 is 0.898 bits per heavy atom. The fourth-order valence-corrected chi connectivity index (χ4v) is 6.29. The second kappa shape index (κ2) is 16.8. The van der Waals surface area contributed by atoms with E-state index in [2.05, 4.69) is 30.3 Å². The molecular formula is C41H48ClNO6. The number of hydrogen-bond acceptors (Lipinski definition) is 6. The van der Waals surface area contributed by atoms with E-state index < -0.39 is 11.7 Å². The van der Waals surface area contributed by atoms with Crippen LogP contribution >= 0.6 is 11.6 Å². The van der Waals surface area contributed by atoms with Crippen LogP contribution in [0.5, 0.6) is 0 Å². The second-order valence-electron chi connectivity index (χ2n) is 13.7. The monoisotopic (exact) mass is 685 g/mol. The van der Waals surface area contributed by atoms with Gasteiger partial charge in [-0.25, -0.2) is 4.79 Å². The van der Waals surface area contributed by atoms with Gasteiger partial charge < -0.3 is 24.1 Å². The van der Waals surface area contributed by atoms with Crippen molar-refractivity contribution in [2.75, 3.05) is 11.9 Å². The normalized spacial score (nSPS) is 18.6. The van der Waals surface area contributed by atoms with Gasteiger partial charge >= 0.3 is 6.09 Å². The highest BCUT2D eigenvalue weighted by molar-refractivity contribution is 6.31. The van der Waals surface area contributed by atoms with E-state index in [4.69, 9.17) is 30.5 Å². The molecule has 1 aliphatic heterocycles. The molecule has 1 fully saturated rings. The van der Waals surface area contributed by atoms with Gasteiger partial charge in [-0.3, -0.25) is 4.90 Å². The van der Waals surface area contributed by atoms with Gasteiger partial charge in [0.05, 0.1) is 44.2 Å². The minimum absolute atomic E-state index is 0.0857. The molecule has 0 spiro atoms. The molecule has 1 N–H and O–H groups in total. The Kier molecular flexibility index (Phi) is 12.5. The van der Waals surface area contributed by atoms with Crippen molar-refractivity contribution in [3.05, 3.63) is 135 Å². The van der Waals surface area contributed by atoms with Crippen molar-refractivity contribution in [3.63, 3.8) is 0 Å². The van der Waals surface area contributed by atoms with E-state index in [1.807, 2.05) is 94.4 Å². The molecular weight excluding hydrogens is 638 g/mol. The van der Waals surface area contributed by atoms with E-state index in [1.54, 1.807) is 7.05 Å². The van der Waals surface area contributed by atoms with Crippen molar-refractivity contribution in [3.8, 4) is 0 Å². The molecule has 1 heterocycles. The first-order valence-electron chi connectivity index (χ1n) is 16.9. The standard InChI is InChI=1S/C41H48ClNO6/c1-28(46-26-29-13-8-6-9-14-29)38-23-35(47-27-30-15-10-7-11-16-30)24-39(48-38)36-21-32(37(42)22-33(36)25-44)19-31-17-12-18-34(20-31)43(5)40(45)49-41(2,3)4/h6-18,20-22,28,35,38-39,44H,19,23-27H2,1-5H3/t28?,35?,38-,39?/m0/s1. The van der Waals surface area contributed by atoms with Crippen LogP contribution in [0.4, 0.5) is 10.5 Å². The van der Waals surface area contributed by atoms with Gasteiger partial charge in [0.25, 0.3) is 0 Å². The van der Waals surface area contributed by atoms with Crippen LogP contribution in [-0.2, 0) is 45.2 Å². The highest BCUT2D eigenvalue weighted by atomic mass is 35.5. The molecule has 4 aromatic carbocycles. The van der Waals surface area contributed by atoms with Gasteiger partial charge in [0.15, 0.2) is 0 Å². The lowest BCUT2D eigenvalue weighted by Gasteiger charge is -2.39. The van der Waals surface area contributed by atoms with Gasteiger partial charge in [0, 0.05) is 30.6 Å². The predicted molar refractivity (Wildman–Crippen MR) is 194 cm³/mol. The zero-order chi connectivity index (χ0) is 35.0. The Labute approximate surface area is 295 Å². The molecule has 1 aliphatic rings. The van der Waals surface area contributed by atoms with E-state index in [-0.39, 0.29) is 31.0 Å². The number of nitrogens with zero attached hydrogens (tertiary/aromatic N) is 1. The first-order chi connectivity index (χ1) is 23.5. The van der Waals surface area contributed by atoms with Gasteiger partial charge in [0.1, 0.15) is 5.60 Å². The number of amides is 1. The first-order valence-corrected chi connectivity index (χ1v) is 17.3. The van der Waals surface area contributed by atoms with E-state index >= 15 is 0 Å². The molecule has 0 aliphatic carbocycles. The molecule has 7 nitrogen and oxygen atoms in total. The Morgan fingerprint density at radius 2 is 1.55 bits per heavy atom. The number of aliphatic hydroxyl groups excluding tert-OH is 1. The fraction of sp³-hybridized carbons (Fsp3) is 0.390. The lowest BCUT2D eigenvalue weighted by Crippen LogP contribution is -2.40. The zero-order valence-corrected chi connectivity index (χ0v) is 29.9. The van der Waals surface area contributed by atoms with E-state index in [0.29, 0.717) is 37.5 Å². The molecule has 0 saturated carbocycles. The zero-order valence-electron chi connectivity index (χ0n) is 29.1. The number of aliphatic hydroxyl groups is 1. The first kappa shape index (κ1) is 36.6. The molecule has 1 saturated heterocycles. The Bertz CT molecular complexity index is 1660. The summed E-state index contributed by atoms with van der Waals surface area (Å²) >= 11 is 6.84. The minimum Gasteiger partial charge on any atom is -0.443 e. The van der Waals surface area contributed by atoms with E-state index in [0.717, 1.165) is 39.1 Å². The number of benzene rings is 4. The summed E-state index contributed by atoms with van der Waals surface area (Å²) in [5.74, 6) is 0. The van der Waals surface area contributed by atoms with Gasteiger partial charge in [-0.1, -0.05) is 90.5 Å².